The molecule has 2 saturated heterocycles. The topological polar surface area (TPSA) is 251 Å². The highest BCUT2D eigenvalue weighted by atomic mass is 19.1. The van der Waals surface area contributed by atoms with Crippen molar-refractivity contribution in [1.29, 1.82) is 0 Å². The maximum Gasteiger partial charge on any atom is 0.312 e. The third kappa shape index (κ3) is 7.09. The first-order valence-electron chi connectivity index (χ1n) is 14.0. The fourth-order valence-corrected chi connectivity index (χ4v) is 5.24. The van der Waals surface area contributed by atoms with Gasteiger partial charge >= 0.3 is 24.1 Å². The predicted octanol–water partition coefficient (Wildman–Crippen LogP) is 0.797. The molecule has 18 nitrogen and oxygen atoms in total. The molecule has 6 N–H and O–H groups in total. The van der Waals surface area contributed by atoms with Crippen molar-refractivity contribution in [2.24, 2.45) is 0 Å². The fourth-order valence-electron chi connectivity index (χ4n) is 5.24. The van der Waals surface area contributed by atoms with Crippen LogP contribution in [0.3, 0.4) is 0 Å². The van der Waals surface area contributed by atoms with Crippen molar-refractivity contribution in [2.45, 2.75) is 77.4 Å². The number of carbonyl (C=O) groups excluding carboxylic acids is 2. The van der Waals surface area contributed by atoms with Gasteiger partial charge in [-0.15, -0.1) is 12.8 Å². The van der Waals surface area contributed by atoms with Crippen molar-refractivity contribution < 1.29 is 47.5 Å². The first-order valence-corrected chi connectivity index (χ1v) is 14.0. The standard InChI is InChI=1S/C16H16FN5O5.C12H12FN5O3.2CH4/c1-4-16(6-25-8(2)23)10(26-9(3)24)5-11(27-16)22-7-19-12-13(18)20-15(17)21-14(12)22;1-2-12(4-19)6(20)3-7(21-12)18-5-15-8-9(14)16-11(13)17-10(8)18;;/h1,7,10-11H,5-6H2,2-3H3,(H2,18,20,21);1,5-7,19-20H,3-4H2,(H2,14,16,17);2*1H4/t10-,11-,16-;6-,7-,12-;;/m11../s1. The molecule has 0 unspecified atom stereocenters. The van der Waals surface area contributed by atoms with Gasteiger partial charge in [0.15, 0.2) is 39.6 Å². The third-order valence-electron chi connectivity index (χ3n) is 7.58. The SMILES string of the molecule is C.C.C#C[C@]1(CO)O[C@@H](n2cnc3c(N)nc(F)nc32)C[C@H]1O.C#C[C@]1(COC(C)=O)O[C@@H](n2cnc3c(N)nc(F)nc32)C[C@H]1OC(C)=O. The average molecular weight is 703 g/mol. The van der Waals surface area contributed by atoms with Gasteiger partial charge in [0.2, 0.25) is 5.60 Å². The van der Waals surface area contributed by atoms with Gasteiger partial charge in [-0.1, -0.05) is 26.7 Å². The number of esters is 2. The second-order valence-electron chi connectivity index (χ2n) is 10.6. The van der Waals surface area contributed by atoms with Crippen molar-refractivity contribution in [3.05, 3.63) is 24.8 Å². The van der Waals surface area contributed by atoms with Gasteiger partial charge < -0.3 is 40.6 Å². The number of hydrogen-bond donors (Lipinski definition) is 4. The molecule has 0 aliphatic carbocycles. The lowest BCUT2D eigenvalue weighted by molar-refractivity contribution is -0.164. The van der Waals surface area contributed by atoms with Gasteiger partial charge in [0.1, 0.15) is 31.3 Å². The van der Waals surface area contributed by atoms with Gasteiger partial charge in [0.05, 0.1) is 19.3 Å². The number of nitrogens with zero attached hydrogens (tertiary/aromatic N) is 8. The van der Waals surface area contributed by atoms with Gasteiger partial charge in [-0.25, -0.2) is 9.97 Å². The maximum atomic E-state index is 13.6. The molecule has 0 spiro atoms. The number of fused-ring (bicyclic) bond motifs is 2. The number of aliphatic hydroxyl groups is 2. The van der Waals surface area contributed by atoms with Gasteiger partial charge in [-0.3, -0.25) is 18.7 Å². The van der Waals surface area contributed by atoms with Crippen LogP contribution in [0.4, 0.5) is 20.4 Å². The zero-order valence-electron chi connectivity index (χ0n) is 25.3. The van der Waals surface area contributed by atoms with Crippen molar-refractivity contribution in [1.82, 2.24) is 39.0 Å². The normalized spacial score (nSPS) is 25.4. The van der Waals surface area contributed by atoms with E-state index in [9.17, 15) is 28.6 Å². The fraction of sp³-hybridized carbons (Fsp3) is 0.467. The number of aromatic nitrogens is 8. The van der Waals surface area contributed by atoms with Crippen LogP contribution in [0.15, 0.2) is 12.7 Å². The Morgan fingerprint density at radius 1 is 0.920 bits per heavy atom. The van der Waals surface area contributed by atoms with Gasteiger partial charge in [-0.2, -0.15) is 28.7 Å². The second-order valence-corrected chi connectivity index (χ2v) is 10.6. The molecule has 50 heavy (non-hydrogen) atoms. The number of nitrogens with two attached hydrogens (primary N) is 2. The van der Waals surface area contributed by atoms with E-state index in [2.05, 4.69) is 41.7 Å². The summed E-state index contributed by atoms with van der Waals surface area (Å²) in [5, 5.41) is 19.3. The smallest absolute Gasteiger partial charge is 0.312 e. The molecular weight excluding hydrogens is 666 g/mol. The molecular formula is C30H36F2N10O8. The summed E-state index contributed by atoms with van der Waals surface area (Å²) in [6.45, 7) is 1.56. The summed E-state index contributed by atoms with van der Waals surface area (Å²) in [4.78, 5) is 44.9. The van der Waals surface area contributed by atoms with Gasteiger partial charge in [0.25, 0.3) is 0 Å². The van der Waals surface area contributed by atoms with Crippen LogP contribution in [0.2, 0.25) is 0 Å². The molecule has 2 fully saturated rings. The summed E-state index contributed by atoms with van der Waals surface area (Å²) in [7, 11) is 0. The van der Waals surface area contributed by atoms with Crippen molar-refractivity contribution in [3.8, 4) is 24.7 Å². The number of anilines is 2. The molecule has 268 valence electrons. The molecule has 0 radical (unpaired) electrons. The zero-order valence-corrected chi connectivity index (χ0v) is 25.3. The molecule has 4 aromatic rings. The van der Waals surface area contributed by atoms with Gasteiger partial charge in [0, 0.05) is 26.7 Å². The number of carbonyl (C=O) groups is 2. The second kappa shape index (κ2) is 14.9. The third-order valence-corrected chi connectivity index (χ3v) is 7.58. The minimum Gasteiger partial charge on any atom is -0.462 e. The molecule has 20 heteroatoms. The van der Waals surface area contributed by atoms with E-state index in [0.29, 0.717) is 0 Å². The van der Waals surface area contributed by atoms with Crippen LogP contribution in [0.1, 0.15) is 54.0 Å². The minimum atomic E-state index is -1.52. The number of nitrogen functional groups attached to an aromatic ring is 2. The van der Waals surface area contributed by atoms with Crippen LogP contribution >= 0.6 is 0 Å². The lowest BCUT2D eigenvalue weighted by Gasteiger charge is -2.28. The Labute approximate surface area is 284 Å². The van der Waals surface area contributed by atoms with Crippen LogP contribution in [0.5, 0.6) is 0 Å². The monoisotopic (exact) mass is 702 g/mol. The summed E-state index contributed by atoms with van der Waals surface area (Å²) < 4.78 is 51.4. The number of terminal acetylenes is 2. The molecule has 4 aromatic heterocycles. The quantitative estimate of drug-likeness (QED) is 0.123. The first-order chi connectivity index (χ1) is 22.8. The number of imidazole rings is 2. The number of halogens is 2. The highest BCUT2D eigenvalue weighted by Gasteiger charge is 2.52. The van der Waals surface area contributed by atoms with E-state index in [1.54, 1.807) is 0 Å². The number of hydrogen-bond acceptors (Lipinski definition) is 16. The summed E-state index contributed by atoms with van der Waals surface area (Å²) in [5.41, 5.74) is 8.83. The first kappa shape index (κ1) is 38.9. The van der Waals surface area contributed by atoms with Crippen LogP contribution in [0, 0.1) is 36.8 Å². The highest BCUT2D eigenvalue weighted by molar-refractivity contribution is 5.82. The molecule has 2 aliphatic rings. The van der Waals surface area contributed by atoms with Crippen molar-refractivity contribution in [2.75, 3.05) is 24.7 Å². The van der Waals surface area contributed by atoms with E-state index >= 15 is 0 Å². The Morgan fingerprint density at radius 3 is 1.82 bits per heavy atom. The molecule has 6 heterocycles. The van der Waals surface area contributed by atoms with Crippen LogP contribution in [-0.4, -0.2) is 97.8 Å². The van der Waals surface area contributed by atoms with Crippen molar-refractivity contribution >= 4 is 45.9 Å². The van der Waals surface area contributed by atoms with E-state index < -0.39 is 66.6 Å². The van der Waals surface area contributed by atoms with Crippen molar-refractivity contribution in [3.63, 3.8) is 0 Å². The van der Waals surface area contributed by atoms with E-state index in [0.717, 1.165) is 0 Å². The van der Waals surface area contributed by atoms with Crippen LogP contribution in [0.25, 0.3) is 22.3 Å². The zero-order chi connectivity index (χ0) is 35.0. The average Bonchev–Trinajstić information content (AvgIpc) is 3.80. The number of rotatable bonds is 6. The molecule has 0 aromatic carbocycles. The molecule has 0 amide bonds. The van der Waals surface area contributed by atoms with Crippen LogP contribution < -0.4 is 11.5 Å². The molecule has 0 saturated carbocycles. The molecule has 6 atom stereocenters. The van der Waals surface area contributed by atoms with Gasteiger partial charge in [-0.05, 0) is 0 Å². The predicted molar refractivity (Wildman–Crippen MR) is 171 cm³/mol. The summed E-state index contributed by atoms with van der Waals surface area (Å²) >= 11 is 0. The molecule has 6 rings (SSSR count). The Bertz CT molecular complexity index is 1980. The lowest BCUT2D eigenvalue weighted by atomic mass is 9.98. The summed E-state index contributed by atoms with van der Waals surface area (Å²) in [5.74, 6) is 3.27. The summed E-state index contributed by atoms with van der Waals surface area (Å²) in [6.07, 6.45) is 8.24. The molecule has 0 bridgehead atoms. The van der Waals surface area contributed by atoms with E-state index in [-0.39, 0.29) is 68.3 Å². The Balaban J connectivity index is 0.000000267. The maximum absolute atomic E-state index is 13.6. The van der Waals surface area contributed by atoms with Crippen LogP contribution in [-0.2, 0) is 28.5 Å². The Kier molecular flexibility index (Phi) is 11.6. The minimum absolute atomic E-state index is 0. The van der Waals surface area contributed by atoms with E-state index in [1.165, 1.54) is 35.6 Å². The highest BCUT2D eigenvalue weighted by Crippen LogP contribution is 2.40. The number of ether oxygens (including phenoxy) is 4. The Morgan fingerprint density at radius 2 is 1.40 bits per heavy atom. The van der Waals surface area contributed by atoms with E-state index in [1.807, 2.05) is 0 Å². The lowest BCUT2D eigenvalue weighted by Crippen LogP contribution is -2.45. The molecule has 2 aliphatic heterocycles. The largest absolute Gasteiger partial charge is 0.462 e. The number of aliphatic hydroxyl groups excluding tert-OH is 2. The van der Waals surface area contributed by atoms with E-state index in [4.69, 9.17) is 43.3 Å². The summed E-state index contributed by atoms with van der Waals surface area (Å²) in [6, 6.07) is 0. The Hall–Kier alpha value is -5.54.